The summed E-state index contributed by atoms with van der Waals surface area (Å²) < 4.78 is 10.3. The summed E-state index contributed by atoms with van der Waals surface area (Å²) in [5.41, 5.74) is 13.7. The highest BCUT2D eigenvalue weighted by molar-refractivity contribution is 6.11. The number of hydrogen-bond donors (Lipinski definition) is 0. The van der Waals surface area contributed by atoms with Gasteiger partial charge in [-0.1, -0.05) is 35.9 Å². The predicted octanol–water partition coefficient (Wildman–Crippen LogP) is 9.89. The number of rotatable bonds is 5. The number of aromatic nitrogens is 5. The van der Waals surface area contributed by atoms with Gasteiger partial charge in [0.25, 0.3) is 0 Å². The van der Waals surface area contributed by atoms with Crippen LogP contribution in [-0.4, -0.2) is 24.1 Å². The number of pyridine rings is 2. The predicted molar refractivity (Wildman–Crippen MR) is 186 cm³/mol. The quantitative estimate of drug-likeness (QED) is 0.185. The van der Waals surface area contributed by atoms with E-state index in [9.17, 15) is 0 Å². The maximum absolute atomic E-state index is 6.40. The summed E-state index contributed by atoms with van der Waals surface area (Å²) in [5, 5.41) is 8.19. The molecular formula is C40H33N5O. The molecule has 0 N–H and O–H groups in total. The maximum Gasteiger partial charge on any atom is 0.146 e. The fraction of sp³-hybridized carbons (Fsp3) is 0.125. The van der Waals surface area contributed by atoms with Gasteiger partial charge >= 0.3 is 0 Å². The first-order chi connectivity index (χ1) is 22.3. The molecule has 0 radical (unpaired) electrons. The van der Waals surface area contributed by atoms with Crippen molar-refractivity contribution in [3.8, 4) is 39.6 Å². The minimum absolute atomic E-state index is 0.733. The van der Waals surface area contributed by atoms with Crippen LogP contribution in [0.3, 0.4) is 0 Å². The Morgan fingerprint density at radius 3 is 2.09 bits per heavy atom. The van der Waals surface area contributed by atoms with E-state index in [2.05, 4.69) is 93.1 Å². The number of hydrogen-bond acceptors (Lipinski definition) is 4. The Hall–Kier alpha value is -5.75. The van der Waals surface area contributed by atoms with E-state index in [-0.39, 0.29) is 0 Å². The molecule has 0 aliphatic carbocycles. The number of aryl methyl sites for hydroxylation is 5. The van der Waals surface area contributed by atoms with Crippen molar-refractivity contribution in [2.75, 3.05) is 0 Å². The molecule has 0 aliphatic rings. The van der Waals surface area contributed by atoms with Crippen LogP contribution in [0, 0.1) is 34.6 Å². The first kappa shape index (κ1) is 27.8. The number of ether oxygens (including phenoxy) is 1. The minimum atomic E-state index is 0.733. The van der Waals surface area contributed by atoms with Crippen LogP contribution in [0.2, 0.25) is 0 Å². The second kappa shape index (κ2) is 10.7. The van der Waals surface area contributed by atoms with Crippen molar-refractivity contribution < 1.29 is 4.74 Å². The molecule has 0 unspecified atom stereocenters. The highest BCUT2D eigenvalue weighted by atomic mass is 16.5. The average Bonchev–Trinajstić information content (AvgIpc) is 3.72. The fourth-order valence-electron chi connectivity index (χ4n) is 7.05. The first-order valence-electron chi connectivity index (χ1n) is 15.5. The van der Waals surface area contributed by atoms with E-state index in [1.165, 1.54) is 44.5 Å². The van der Waals surface area contributed by atoms with Crippen molar-refractivity contribution in [3.63, 3.8) is 0 Å². The lowest BCUT2D eigenvalue weighted by molar-refractivity contribution is 0.483. The van der Waals surface area contributed by atoms with Gasteiger partial charge in [0.1, 0.15) is 22.8 Å². The summed E-state index contributed by atoms with van der Waals surface area (Å²) in [6.07, 6.45) is 7.58. The molecule has 224 valence electrons. The van der Waals surface area contributed by atoms with Gasteiger partial charge in [0.05, 0.1) is 11.4 Å². The Morgan fingerprint density at radius 2 is 1.28 bits per heavy atom. The van der Waals surface area contributed by atoms with Crippen LogP contribution in [0.25, 0.3) is 55.5 Å². The van der Waals surface area contributed by atoms with Gasteiger partial charge in [-0.25, -0.2) is 14.6 Å². The first-order valence-corrected chi connectivity index (χ1v) is 15.5. The Bertz CT molecular complexity index is 2420. The third kappa shape index (κ3) is 4.61. The standard InChI is InChI=1S/C40H33N5O/c1-24-18-25(2)37(26(3)19-24)29-20-27(4)38(28(5)21-29)36-13-16-45(43-36)30-8-6-9-31(22-30)46-32-11-12-33-34-10-7-14-41-39(34)44-17-15-42-40(44)35(33)23-32/h6-23H,1-5H3. The van der Waals surface area contributed by atoms with E-state index in [4.69, 9.17) is 9.84 Å². The van der Waals surface area contributed by atoms with Gasteiger partial charge in [-0.2, -0.15) is 5.10 Å². The highest BCUT2D eigenvalue weighted by Gasteiger charge is 2.15. The molecular weight excluding hydrogens is 566 g/mol. The summed E-state index contributed by atoms with van der Waals surface area (Å²) >= 11 is 0. The Labute approximate surface area is 267 Å². The van der Waals surface area contributed by atoms with Crippen molar-refractivity contribution in [1.29, 1.82) is 0 Å². The lowest BCUT2D eigenvalue weighted by Gasteiger charge is -2.16. The number of imidazole rings is 1. The van der Waals surface area contributed by atoms with E-state index >= 15 is 0 Å². The molecule has 0 aliphatic heterocycles. The monoisotopic (exact) mass is 599 g/mol. The molecule has 0 atom stereocenters. The van der Waals surface area contributed by atoms with Gasteiger partial charge in [-0.05, 0) is 122 Å². The molecule has 0 amide bonds. The summed E-state index contributed by atoms with van der Waals surface area (Å²) in [7, 11) is 0. The SMILES string of the molecule is Cc1cc(C)c(-c2cc(C)c(-c3ccn(-c4cccc(Oc5ccc6c7cccnc7n7ccnc7c6c5)c4)n3)c(C)c2)c(C)c1. The van der Waals surface area contributed by atoms with Gasteiger partial charge in [0.15, 0.2) is 0 Å². The second-order valence-corrected chi connectivity index (χ2v) is 12.2. The van der Waals surface area contributed by atoms with Crippen molar-refractivity contribution in [2.45, 2.75) is 34.6 Å². The van der Waals surface area contributed by atoms with E-state index < -0.39 is 0 Å². The van der Waals surface area contributed by atoms with Crippen LogP contribution in [0.15, 0.2) is 110 Å². The Kier molecular flexibility index (Phi) is 6.46. The van der Waals surface area contributed by atoms with Gasteiger partial charge < -0.3 is 4.74 Å². The van der Waals surface area contributed by atoms with Gasteiger partial charge in [-0.3, -0.25) is 4.40 Å². The van der Waals surface area contributed by atoms with Crippen molar-refractivity contribution in [1.82, 2.24) is 24.1 Å². The normalized spacial score (nSPS) is 11.6. The van der Waals surface area contributed by atoms with E-state index in [1.54, 1.807) is 0 Å². The number of fused-ring (bicyclic) bond motifs is 6. The molecule has 0 saturated carbocycles. The van der Waals surface area contributed by atoms with Crippen LogP contribution >= 0.6 is 0 Å². The fourth-order valence-corrected chi connectivity index (χ4v) is 7.05. The van der Waals surface area contributed by atoms with Crippen molar-refractivity contribution in [2.24, 2.45) is 0 Å². The van der Waals surface area contributed by atoms with E-state index in [0.717, 1.165) is 50.3 Å². The summed E-state index contributed by atoms with van der Waals surface area (Å²) in [4.78, 5) is 9.22. The summed E-state index contributed by atoms with van der Waals surface area (Å²) in [6.45, 7) is 10.9. The molecule has 6 nitrogen and oxygen atoms in total. The summed E-state index contributed by atoms with van der Waals surface area (Å²) in [5.74, 6) is 1.47. The average molecular weight is 600 g/mol. The van der Waals surface area contributed by atoms with E-state index in [0.29, 0.717) is 0 Å². The Balaban J connectivity index is 1.10. The van der Waals surface area contributed by atoms with Gasteiger partial charge in [-0.15, -0.1) is 0 Å². The summed E-state index contributed by atoms with van der Waals surface area (Å²) in [6, 6.07) is 29.4. The molecule has 8 rings (SSSR count). The topological polar surface area (TPSA) is 57.2 Å². The molecule has 4 aromatic carbocycles. The molecule has 8 aromatic rings. The number of nitrogens with zero attached hydrogens (tertiary/aromatic N) is 5. The van der Waals surface area contributed by atoms with Crippen LogP contribution in [0.5, 0.6) is 11.5 Å². The third-order valence-electron chi connectivity index (χ3n) is 8.84. The van der Waals surface area contributed by atoms with Crippen LogP contribution in [0.4, 0.5) is 0 Å². The highest BCUT2D eigenvalue weighted by Crippen LogP contribution is 2.36. The minimum Gasteiger partial charge on any atom is -0.457 e. The van der Waals surface area contributed by atoms with E-state index in [1.807, 2.05) is 70.3 Å². The van der Waals surface area contributed by atoms with Crippen molar-refractivity contribution >= 4 is 27.5 Å². The smallest absolute Gasteiger partial charge is 0.146 e. The molecule has 0 spiro atoms. The van der Waals surface area contributed by atoms with Gasteiger partial charge in [0, 0.05) is 47.2 Å². The van der Waals surface area contributed by atoms with Crippen LogP contribution in [-0.2, 0) is 0 Å². The van der Waals surface area contributed by atoms with Gasteiger partial charge in [0.2, 0.25) is 0 Å². The zero-order chi connectivity index (χ0) is 31.5. The molecule has 0 fully saturated rings. The molecule has 0 saturated heterocycles. The van der Waals surface area contributed by atoms with Crippen LogP contribution < -0.4 is 4.74 Å². The molecule has 4 heterocycles. The largest absolute Gasteiger partial charge is 0.457 e. The zero-order valence-corrected chi connectivity index (χ0v) is 26.5. The molecule has 46 heavy (non-hydrogen) atoms. The lowest BCUT2D eigenvalue weighted by atomic mass is 9.89. The Morgan fingerprint density at radius 1 is 0.565 bits per heavy atom. The molecule has 0 bridgehead atoms. The molecule has 4 aromatic heterocycles. The number of benzene rings is 4. The maximum atomic E-state index is 6.40. The second-order valence-electron chi connectivity index (χ2n) is 12.2. The lowest BCUT2D eigenvalue weighted by Crippen LogP contribution is -1.98. The molecule has 6 heteroatoms. The zero-order valence-electron chi connectivity index (χ0n) is 26.5. The van der Waals surface area contributed by atoms with Crippen LogP contribution in [0.1, 0.15) is 27.8 Å². The third-order valence-corrected chi connectivity index (χ3v) is 8.84. The van der Waals surface area contributed by atoms with Crippen molar-refractivity contribution in [3.05, 3.63) is 138 Å².